The molecule has 3 N–H and O–H groups in total. The highest BCUT2D eigenvalue weighted by Crippen LogP contribution is 2.44. The first-order valence-corrected chi connectivity index (χ1v) is 6.10. The molecule has 0 radical (unpaired) electrons. The minimum atomic E-state index is -0.349. The van der Waals surface area contributed by atoms with Crippen molar-refractivity contribution in [1.29, 1.82) is 0 Å². The molecule has 0 fully saturated rings. The standard InChI is InChI=1S/C15H16N2O/c1-15(2)12-10-6-4-3-5-9(10)7-8-11(12)17-13(15)14(16)18/h3-8,13,17H,1-2H3,(H2,16,18). The fraction of sp³-hybridized carbons (Fsp3) is 0.267. The molecular formula is C15H16N2O. The third-order valence-corrected chi connectivity index (χ3v) is 3.88. The number of carbonyl (C=O) groups excluding carboxylic acids is 1. The predicted octanol–water partition coefficient (Wildman–Crippen LogP) is 2.40. The molecule has 1 heterocycles. The van der Waals surface area contributed by atoms with Crippen molar-refractivity contribution >= 4 is 22.4 Å². The number of amides is 1. The molecule has 0 saturated heterocycles. The average Bonchev–Trinajstić information content (AvgIpc) is 2.61. The second-order valence-corrected chi connectivity index (χ2v) is 5.41. The lowest BCUT2D eigenvalue weighted by molar-refractivity contribution is -0.119. The number of fused-ring (bicyclic) bond motifs is 3. The molecule has 1 unspecified atom stereocenters. The van der Waals surface area contributed by atoms with Gasteiger partial charge in [0.25, 0.3) is 0 Å². The zero-order valence-electron chi connectivity index (χ0n) is 10.5. The van der Waals surface area contributed by atoms with E-state index in [1.807, 2.05) is 18.2 Å². The normalized spacial score (nSPS) is 20.4. The Balaban J connectivity index is 2.31. The zero-order valence-corrected chi connectivity index (χ0v) is 10.5. The molecule has 0 bridgehead atoms. The Kier molecular flexibility index (Phi) is 2.14. The Morgan fingerprint density at radius 3 is 2.67 bits per heavy atom. The van der Waals surface area contributed by atoms with E-state index in [2.05, 4.69) is 37.4 Å². The highest BCUT2D eigenvalue weighted by Gasteiger charge is 2.43. The van der Waals surface area contributed by atoms with Gasteiger partial charge >= 0.3 is 0 Å². The first kappa shape index (κ1) is 11.1. The average molecular weight is 240 g/mol. The zero-order chi connectivity index (χ0) is 12.9. The molecule has 3 nitrogen and oxygen atoms in total. The van der Waals surface area contributed by atoms with Gasteiger partial charge in [-0.05, 0) is 22.4 Å². The van der Waals surface area contributed by atoms with Crippen LogP contribution in [0.5, 0.6) is 0 Å². The Morgan fingerprint density at radius 1 is 1.22 bits per heavy atom. The van der Waals surface area contributed by atoms with Crippen molar-refractivity contribution in [2.45, 2.75) is 25.3 Å². The molecule has 92 valence electrons. The lowest BCUT2D eigenvalue weighted by Gasteiger charge is -2.25. The molecule has 1 amide bonds. The van der Waals surface area contributed by atoms with Crippen molar-refractivity contribution < 1.29 is 4.79 Å². The van der Waals surface area contributed by atoms with Crippen LogP contribution in [0.3, 0.4) is 0 Å². The van der Waals surface area contributed by atoms with Gasteiger partial charge in [-0.1, -0.05) is 44.2 Å². The topological polar surface area (TPSA) is 55.1 Å². The fourth-order valence-electron chi connectivity index (χ4n) is 2.99. The van der Waals surface area contributed by atoms with Gasteiger partial charge in [-0.15, -0.1) is 0 Å². The summed E-state index contributed by atoms with van der Waals surface area (Å²) in [5.41, 5.74) is 7.41. The van der Waals surface area contributed by atoms with Gasteiger partial charge in [0.05, 0.1) is 0 Å². The van der Waals surface area contributed by atoms with Crippen LogP contribution < -0.4 is 11.1 Å². The van der Waals surface area contributed by atoms with Crippen molar-refractivity contribution in [3.05, 3.63) is 42.0 Å². The summed E-state index contributed by atoms with van der Waals surface area (Å²) in [4.78, 5) is 11.6. The summed E-state index contributed by atoms with van der Waals surface area (Å²) in [5, 5.41) is 5.62. The van der Waals surface area contributed by atoms with Crippen LogP contribution in [0.25, 0.3) is 10.8 Å². The summed E-state index contributed by atoms with van der Waals surface area (Å²) >= 11 is 0. The van der Waals surface area contributed by atoms with Gasteiger partial charge < -0.3 is 11.1 Å². The number of primary amides is 1. The van der Waals surface area contributed by atoms with Crippen LogP contribution in [0.1, 0.15) is 19.4 Å². The predicted molar refractivity (Wildman–Crippen MR) is 73.6 cm³/mol. The molecule has 0 aliphatic carbocycles. The summed E-state index contributed by atoms with van der Waals surface area (Å²) in [6.07, 6.45) is 0. The van der Waals surface area contributed by atoms with Crippen LogP contribution in [-0.4, -0.2) is 11.9 Å². The Hall–Kier alpha value is -2.03. The van der Waals surface area contributed by atoms with Gasteiger partial charge in [-0.25, -0.2) is 0 Å². The van der Waals surface area contributed by atoms with E-state index < -0.39 is 0 Å². The lowest BCUT2D eigenvalue weighted by atomic mass is 9.78. The second kappa shape index (κ2) is 3.48. The highest BCUT2D eigenvalue weighted by atomic mass is 16.1. The van der Waals surface area contributed by atoms with E-state index in [-0.39, 0.29) is 17.4 Å². The van der Waals surface area contributed by atoms with Gasteiger partial charge in [0, 0.05) is 11.1 Å². The molecule has 1 aliphatic rings. The number of benzene rings is 2. The van der Waals surface area contributed by atoms with E-state index in [9.17, 15) is 4.79 Å². The summed E-state index contributed by atoms with van der Waals surface area (Å²) in [5.74, 6) is -0.305. The van der Waals surface area contributed by atoms with Crippen molar-refractivity contribution in [1.82, 2.24) is 0 Å². The molecule has 3 rings (SSSR count). The Labute approximate surface area is 106 Å². The van der Waals surface area contributed by atoms with E-state index in [1.165, 1.54) is 16.3 Å². The van der Waals surface area contributed by atoms with Crippen molar-refractivity contribution in [2.24, 2.45) is 5.73 Å². The largest absolute Gasteiger partial charge is 0.373 e. The van der Waals surface area contributed by atoms with E-state index >= 15 is 0 Å². The number of hydrogen-bond acceptors (Lipinski definition) is 2. The van der Waals surface area contributed by atoms with Gasteiger partial charge in [0.2, 0.25) is 5.91 Å². The SMILES string of the molecule is CC1(C)c2c(ccc3ccccc23)NC1C(N)=O. The third kappa shape index (κ3) is 1.33. The van der Waals surface area contributed by atoms with Crippen molar-refractivity contribution in [2.75, 3.05) is 5.32 Å². The summed E-state index contributed by atoms with van der Waals surface area (Å²) < 4.78 is 0. The number of rotatable bonds is 1. The summed E-state index contributed by atoms with van der Waals surface area (Å²) in [6.45, 7) is 4.13. The first-order chi connectivity index (χ1) is 8.51. The first-order valence-electron chi connectivity index (χ1n) is 6.10. The molecule has 0 spiro atoms. The van der Waals surface area contributed by atoms with Crippen LogP contribution in [0.2, 0.25) is 0 Å². The molecule has 18 heavy (non-hydrogen) atoms. The molecule has 1 aliphatic heterocycles. The lowest BCUT2D eigenvalue weighted by Crippen LogP contribution is -2.44. The monoisotopic (exact) mass is 240 g/mol. The fourth-order valence-corrected chi connectivity index (χ4v) is 2.99. The number of nitrogens with two attached hydrogens (primary N) is 1. The van der Waals surface area contributed by atoms with Gasteiger partial charge in [-0.2, -0.15) is 0 Å². The van der Waals surface area contributed by atoms with Gasteiger partial charge in [0.15, 0.2) is 0 Å². The molecule has 0 aromatic heterocycles. The summed E-state index contributed by atoms with van der Waals surface area (Å²) in [6, 6.07) is 12.0. The van der Waals surface area contributed by atoms with Crippen LogP contribution >= 0.6 is 0 Å². The number of hydrogen-bond donors (Lipinski definition) is 2. The maximum atomic E-state index is 11.6. The molecule has 1 atom stereocenters. The maximum Gasteiger partial charge on any atom is 0.240 e. The third-order valence-electron chi connectivity index (χ3n) is 3.88. The minimum Gasteiger partial charge on any atom is -0.373 e. The van der Waals surface area contributed by atoms with Gasteiger partial charge in [-0.3, -0.25) is 4.79 Å². The molecule has 0 saturated carbocycles. The van der Waals surface area contributed by atoms with Crippen LogP contribution in [-0.2, 0) is 10.2 Å². The molecular weight excluding hydrogens is 224 g/mol. The second-order valence-electron chi connectivity index (χ2n) is 5.41. The number of nitrogens with one attached hydrogen (secondary N) is 1. The molecule has 2 aromatic carbocycles. The van der Waals surface area contributed by atoms with Crippen molar-refractivity contribution in [3.8, 4) is 0 Å². The Morgan fingerprint density at radius 2 is 1.94 bits per heavy atom. The quantitative estimate of drug-likeness (QED) is 0.804. The number of anilines is 1. The van der Waals surface area contributed by atoms with E-state index in [1.54, 1.807) is 0 Å². The van der Waals surface area contributed by atoms with E-state index in [4.69, 9.17) is 5.73 Å². The van der Waals surface area contributed by atoms with Crippen LogP contribution in [0.4, 0.5) is 5.69 Å². The Bertz CT molecular complexity index is 646. The van der Waals surface area contributed by atoms with Crippen LogP contribution in [0.15, 0.2) is 36.4 Å². The van der Waals surface area contributed by atoms with E-state index in [0.717, 1.165) is 5.69 Å². The minimum absolute atomic E-state index is 0.290. The highest BCUT2D eigenvalue weighted by molar-refractivity contribution is 5.97. The maximum absolute atomic E-state index is 11.6. The van der Waals surface area contributed by atoms with Gasteiger partial charge in [0.1, 0.15) is 6.04 Å². The summed E-state index contributed by atoms with van der Waals surface area (Å²) in [7, 11) is 0. The molecule has 3 heteroatoms. The van der Waals surface area contributed by atoms with E-state index in [0.29, 0.717) is 0 Å². The smallest absolute Gasteiger partial charge is 0.240 e. The van der Waals surface area contributed by atoms with Crippen molar-refractivity contribution in [3.63, 3.8) is 0 Å². The van der Waals surface area contributed by atoms with Crippen LogP contribution in [0, 0.1) is 0 Å². The molecule has 2 aromatic rings. The number of carbonyl (C=O) groups is 1.